The minimum atomic E-state index is -0.000239. The summed E-state index contributed by atoms with van der Waals surface area (Å²) in [5, 5.41) is 4.64. The third-order valence-electron chi connectivity index (χ3n) is 2.35. The molecule has 2 aromatic rings. The molecule has 5 heteroatoms. The quantitative estimate of drug-likeness (QED) is 0.764. The van der Waals surface area contributed by atoms with Crippen molar-refractivity contribution in [2.45, 2.75) is 13.0 Å². The second-order valence-corrected chi connectivity index (χ2v) is 4.85. The lowest BCUT2D eigenvalue weighted by Gasteiger charge is -2.14. The molecule has 0 aliphatic rings. The van der Waals surface area contributed by atoms with Crippen molar-refractivity contribution < 1.29 is 4.42 Å². The van der Waals surface area contributed by atoms with Gasteiger partial charge >= 0.3 is 0 Å². The van der Waals surface area contributed by atoms with E-state index in [4.69, 9.17) is 39.2 Å². The number of hydrogen-bond acceptors (Lipinski definition) is 2. The summed E-state index contributed by atoms with van der Waals surface area (Å²) in [6.45, 7) is 1.97. The van der Waals surface area contributed by atoms with Crippen LogP contribution in [0, 0.1) is 0 Å². The standard InChI is InChI=1S/C12H10Cl3NO/c1-7(12-3-2-4-17-12)16-11-6-9(14)8(13)5-10(11)15/h2-7,16H,1H3. The van der Waals surface area contributed by atoms with Crippen LogP contribution in [-0.2, 0) is 0 Å². The Morgan fingerprint density at radius 2 is 1.82 bits per heavy atom. The van der Waals surface area contributed by atoms with Gasteiger partial charge in [0.05, 0.1) is 33.1 Å². The van der Waals surface area contributed by atoms with Crippen LogP contribution in [0.3, 0.4) is 0 Å². The van der Waals surface area contributed by atoms with E-state index >= 15 is 0 Å². The molecule has 0 fully saturated rings. The van der Waals surface area contributed by atoms with Gasteiger partial charge in [-0.25, -0.2) is 0 Å². The highest BCUT2D eigenvalue weighted by Crippen LogP contribution is 2.34. The lowest BCUT2D eigenvalue weighted by molar-refractivity contribution is 0.490. The molecule has 1 aromatic carbocycles. The van der Waals surface area contributed by atoms with Crippen molar-refractivity contribution in [3.05, 3.63) is 51.4 Å². The summed E-state index contributed by atoms with van der Waals surface area (Å²) in [4.78, 5) is 0. The Balaban J connectivity index is 2.22. The monoisotopic (exact) mass is 289 g/mol. The summed E-state index contributed by atoms with van der Waals surface area (Å²) in [5.41, 5.74) is 0.727. The zero-order valence-electron chi connectivity index (χ0n) is 9.01. The third kappa shape index (κ3) is 2.89. The van der Waals surface area contributed by atoms with Gasteiger partial charge in [-0.3, -0.25) is 0 Å². The van der Waals surface area contributed by atoms with Gasteiger partial charge in [0, 0.05) is 0 Å². The van der Waals surface area contributed by atoms with E-state index in [1.807, 2.05) is 19.1 Å². The molecule has 0 aliphatic carbocycles. The molecule has 90 valence electrons. The molecule has 0 radical (unpaired) electrons. The van der Waals surface area contributed by atoms with Crippen LogP contribution < -0.4 is 5.32 Å². The lowest BCUT2D eigenvalue weighted by atomic mass is 10.2. The number of halogens is 3. The summed E-state index contributed by atoms with van der Waals surface area (Å²) >= 11 is 17.9. The molecule has 17 heavy (non-hydrogen) atoms. The molecular formula is C12H10Cl3NO. The second-order valence-electron chi connectivity index (χ2n) is 3.63. The fourth-order valence-corrected chi connectivity index (χ4v) is 2.08. The molecule has 0 amide bonds. The molecule has 0 spiro atoms. The molecular weight excluding hydrogens is 280 g/mol. The van der Waals surface area contributed by atoms with Crippen molar-refractivity contribution in [2.24, 2.45) is 0 Å². The maximum Gasteiger partial charge on any atom is 0.125 e. The fourth-order valence-electron chi connectivity index (χ4n) is 1.48. The molecule has 0 aliphatic heterocycles. The molecule has 2 nitrogen and oxygen atoms in total. The maximum atomic E-state index is 6.07. The number of rotatable bonds is 3. The second kappa shape index (κ2) is 5.21. The molecule has 1 heterocycles. The number of hydrogen-bond donors (Lipinski definition) is 1. The predicted molar refractivity (Wildman–Crippen MR) is 72.2 cm³/mol. The van der Waals surface area contributed by atoms with E-state index in [2.05, 4.69) is 5.32 Å². The van der Waals surface area contributed by atoms with Crippen LogP contribution in [-0.4, -0.2) is 0 Å². The van der Waals surface area contributed by atoms with E-state index < -0.39 is 0 Å². The normalized spacial score (nSPS) is 12.5. The smallest absolute Gasteiger partial charge is 0.125 e. The van der Waals surface area contributed by atoms with E-state index in [0.717, 1.165) is 11.4 Å². The van der Waals surface area contributed by atoms with Crippen molar-refractivity contribution in [2.75, 3.05) is 5.32 Å². The van der Waals surface area contributed by atoms with Gasteiger partial charge in [-0.2, -0.15) is 0 Å². The van der Waals surface area contributed by atoms with Crippen molar-refractivity contribution >= 4 is 40.5 Å². The first-order valence-corrected chi connectivity index (χ1v) is 6.16. The van der Waals surface area contributed by atoms with E-state index in [1.165, 1.54) is 0 Å². The first-order valence-electron chi connectivity index (χ1n) is 5.02. The number of nitrogens with one attached hydrogen (secondary N) is 1. The highest BCUT2D eigenvalue weighted by molar-refractivity contribution is 6.44. The van der Waals surface area contributed by atoms with E-state index in [-0.39, 0.29) is 6.04 Å². The fraction of sp³-hybridized carbons (Fsp3) is 0.167. The van der Waals surface area contributed by atoms with Crippen LogP contribution >= 0.6 is 34.8 Å². The Kier molecular flexibility index (Phi) is 3.87. The Labute approximate surface area is 114 Å². The van der Waals surface area contributed by atoms with E-state index in [0.29, 0.717) is 15.1 Å². The largest absolute Gasteiger partial charge is 0.467 e. The molecule has 0 bridgehead atoms. The average Bonchev–Trinajstić information content (AvgIpc) is 2.79. The van der Waals surface area contributed by atoms with Crippen LogP contribution in [0.4, 0.5) is 5.69 Å². The average molecular weight is 291 g/mol. The number of benzene rings is 1. The molecule has 2 rings (SSSR count). The van der Waals surface area contributed by atoms with Gasteiger partial charge in [-0.15, -0.1) is 0 Å². The molecule has 0 saturated heterocycles. The van der Waals surface area contributed by atoms with Crippen LogP contribution in [0.2, 0.25) is 15.1 Å². The Morgan fingerprint density at radius 3 is 2.47 bits per heavy atom. The van der Waals surface area contributed by atoms with Crippen molar-refractivity contribution in [3.63, 3.8) is 0 Å². The minimum absolute atomic E-state index is 0.000239. The summed E-state index contributed by atoms with van der Waals surface area (Å²) in [5.74, 6) is 0.826. The van der Waals surface area contributed by atoms with Crippen LogP contribution in [0.25, 0.3) is 0 Å². The van der Waals surface area contributed by atoms with Crippen LogP contribution in [0.1, 0.15) is 18.7 Å². The zero-order valence-corrected chi connectivity index (χ0v) is 11.3. The summed E-state index contributed by atoms with van der Waals surface area (Å²) in [6.07, 6.45) is 1.63. The van der Waals surface area contributed by atoms with Crippen molar-refractivity contribution in [3.8, 4) is 0 Å². The van der Waals surface area contributed by atoms with Gasteiger partial charge in [0.25, 0.3) is 0 Å². The van der Waals surface area contributed by atoms with Crippen LogP contribution in [0.15, 0.2) is 34.9 Å². The highest BCUT2D eigenvalue weighted by Gasteiger charge is 2.11. The van der Waals surface area contributed by atoms with Gasteiger partial charge < -0.3 is 9.73 Å². The summed E-state index contributed by atoms with van der Waals surface area (Å²) < 4.78 is 5.30. The highest BCUT2D eigenvalue weighted by atomic mass is 35.5. The van der Waals surface area contributed by atoms with Gasteiger partial charge in [0.15, 0.2) is 0 Å². The maximum absolute atomic E-state index is 6.07. The van der Waals surface area contributed by atoms with E-state index in [9.17, 15) is 0 Å². The van der Waals surface area contributed by atoms with Gasteiger partial charge in [0.2, 0.25) is 0 Å². The minimum Gasteiger partial charge on any atom is -0.467 e. The van der Waals surface area contributed by atoms with Gasteiger partial charge in [-0.05, 0) is 31.2 Å². The van der Waals surface area contributed by atoms with E-state index in [1.54, 1.807) is 18.4 Å². The number of anilines is 1. The van der Waals surface area contributed by atoms with Gasteiger partial charge in [-0.1, -0.05) is 34.8 Å². The van der Waals surface area contributed by atoms with Crippen molar-refractivity contribution in [1.29, 1.82) is 0 Å². The topological polar surface area (TPSA) is 25.2 Å². The number of furan rings is 1. The van der Waals surface area contributed by atoms with Crippen LogP contribution in [0.5, 0.6) is 0 Å². The molecule has 0 saturated carbocycles. The summed E-state index contributed by atoms with van der Waals surface area (Å²) in [6, 6.07) is 7.04. The molecule has 1 atom stereocenters. The first-order chi connectivity index (χ1) is 8.08. The Morgan fingerprint density at radius 1 is 1.12 bits per heavy atom. The lowest BCUT2D eigenvalue weighted by Crippen LogP contribution is -2.05. The zero-order chi connectivity index (χ0) is 12.4. The molecule has 1 N–H and O–H groups in total. The summed E-state index contributed by atoms with van der Waals surface area (Å²) in [7, 11) is 0. The Bertz CT molecular complexity index is 511. The first kappa shape index (κ1) is 12.6. The van der Waals surface area contributed by atoms with Crippen molar-refractivity contribution in [1.82, 2.24) is 0 Å². The molecule has 1 aromatic heterocycles. The molecule has 1 unspecified atom stereocenters. The SMILES string of the molecule is CC(Nc1cc(Cl)c(Cl)cc1Cl)c1ccco1. The van der Waals surface area contributed by atoms with Gasteiger partial charge in [0.1, 0.15) is 5.76 Å². The third-order valence-corrected chi connectivity index (χ3v) is 3.39. The Hall–Kier alpha value is -0.830. The predicted octanol–water partition coefficient (Wildman–Crippen LogP) is 5.41.